The van der Waals surface area contributed by atoms with Crippen molar-refractivity contribution in [3.05, 3.63) is 226 Å². The molecule has 0 N–H and O–H groups in total. The van der Waals surface area contributed by atoms with Gasteiger partial charge in [0, 0.05) is 33.6 Å². The third kappa shape index (κ3) is 4.85. The largest absolute Gasteiger partial charge is 0.310 e. The van der Waals surface area contributed by atoms with E-state index in [0.29, 0.717) is 0 Å². The maximum Gasteiger partial charge on any atom is 0.0507 e. The van der Waals surface area contributed by atoms with Gasteiger partial charge in [0.15, 0.2) is 0 Å². The minimum atomic E-state index is -0.359. The molecule has 0 aromatic heterocycles. The summed E-state index contributed by atoms with van der Waals surface area (Å²) in [6.45, 7) is 14.4. The zero-order valence-electron chi connectivity index (χ0n) is 35.9. The molecule has 0 saturated carbocycles. The zero-order valence-corrected chi connectivity index (χ0v) is 35.9. The second-order valence-electron chi connectivity index (χ2n) is 19.5. The standard InChI is InChI=1S/C59H50N2/c1-56(2)37-59(49-25-15-14-24-48(49)56)50-26-16-17-27-54(50)61(38-18-8-7-9-19-38)55-33-30-41(36-53(55)59)60(39-28-31-44-42-20-10-12-22-46(42)57(3,4)51(44)34-39)40-29-32-45-43-21-11-13-23-47(43)58(5,6)52(45)35-40/h7-36H,37H2,1-6H3. The summed E-state index contributed by atoms with van der Waals surface area (Å²) in [4.78, 5) is 5.05. The summed E-state index contributed by atoms with van der Waals surface area (Å²) >= 11 is 0. The number of hydrogen-bond donors (Lipinski definition) is 0. The quantitative estimate of drug-likeness (QED) is 0.175. The van der Waals surface area contributed by atoms with Crippen molar-refractivity contribution in [3.8, 4) is 22.3 Å². The molecule has 1 heterocycles. The fourth-order valence-electron chi connectivity index (χ4n) is 12.2. The molecule has 8 aromatic carbocycles. The van der Waals surface area contributed by atoms with Crippen LogP contribution in [0.15, 0.2) is 182 Å². The summed E-state index contributed by atoms with van der Waals surface area (Å²) in [6, 6.07) is 69.1. The summed E-state index contributed by atoms with van der Waals surface area (Å²) in [5, 5.41) is 0. The molecule has 1 spiro atoms. The number of anilines is 6. The Morgan fingerprint density at radius 2 is 0.787 bits per heavy atom. The maximum absolute atomic E-state index is 2.56. The number of para-hydroxylation sites is 2. The van der Waals surface area contributed by atoms with Crippen LogP contribution in [0.5, 0.6) is 0 Å². The highest BCUT2D eigenvalue weighted by atomic mass is 15.2. The smallest absolute Gasteiger partial charge is 0.0507 e. The lowest BCUT2D eigenvalue weighted by Gasteiger charge is -2.45. The first kappa shape index (κ1) is 36.2. The van der Waals surface area contributed by atoms with E-state index in [1.165, 1.54) is 95.2 Å². The Morgan fingerprint density at radius 1 is 0.361 bits per heavy atom. The first-order valence-electron chi connectivity index (χ1n) is 22.0. The molecule has 8 aromatic rings. The lowest BCUT2D eigenvalue weighted by atomic mass is 9.65. The van der Waals surface area contributed by atoms with E-state index in [-0.39, 0.29) is 21.7 Å². The molecule has 12 rings (SSSR count). The second kappa shape index (κ2) is 12.5. The highest BCUT2D eigenvalue weighted by Gasteiger charge is 2.54. The number of benzene rings is 8. The van der Waals surface area contributed by atoms with E-state index in [4.69, 9.17) is 0 Å². The normalized spacial score (nSPS) is 18.7. The van der Waals surface area contributed by atoms with E-state index in [0.717, 1.165) is 12.1 Å². The number of rotatable bonds is 4. The summed E-state index contributed by atoms with van der Waals surface area (Å²) in [7, 11) is 0. The van der Waals surface area contributed by atoms with E-state index in [1.807, 2.05) is 0 Å². The molecule has 0 bridgehead atoms. The average Bonchev–Trinajstić information content (AvgIpc) is 3.77. The highest BCUT2D eigenvalue weighted by Crippen LogP contribution is 2.64. The van der Waals surface area contributed by atoms with E-state index < -0.39 is 0 Å². The third-order valence-electron chi connectivity index (χ3n) is 15.0. The van der Waals surface area contributed by atoms with Gasteiger partial charge in [-0.25, -0.2) is 0 Å². The van der Waals surface area contributed by atoms with Crippen LogP contribution in [0.3, 0.4) is 0 Å². The topological polar surface area (TPSA) is 6.48 Å². The fraction of sp³-hybridized carbons (Fsp3) is 0.186. The Bertz CT molecular complexity index is 3010. The molecule has 0 fully saturated rings. The van der Waals surface area contributed by atoms with Gasteiger partial charge >= 0.3 is 0 Å². The molecular weight excluding hydrogens is 737 g/mol. The van der Waals surface area contributed by atoms with Gasteiger partial charge < -0.3 is 9.80 Å². The van der Waals surface area contributed by atoms with Gasteiger partial charge in [0.05, 0.1) is 16.8 Å². The van der Waals surface area contributed by atoms with Crippen molar-refractivity contribution < 1.29 is 0 Å². The van der Waals surface area contributed by atoms with Crippen LogP contribution in [0.25, 0.3) is 22.3 Å². The summed E-state index contributed by atoms with van der Waals surface area (Å²) < 4.78 is 0. The molecule has 0 radical (unpaired) electrons. The van der Waals surface area contributed by atoms with Gasteiger partial charge in [-0.15, -0.1) is 0 Å². The van der Waals surface area contributed by atoms with Gasteiger partial charge in [-0.1, -0.05) is 163 Å². The molecule has 2 nitrogen and oxygen atoms in total. The first-order chi connectivity index (χ1) is 29.5. The monoisotopic (exact) mass is 786 g/mol. The Labute approximate surface area is 360 Å². The van der Waals surface area contributed by atoms with Gasteiger partial charge in [0.2, 0.25) is 0 Å². The van der Waals surface area contributed by atoms with E-state index in [9.17, 15) is 0 Å². The molecule has 1 aliphatic heterocycles. The van der Waals surface area contributed by atoms with E-state index in [1.54, 1.807) is 0 Å². The minimum Gasteiger partial charge on any atom is -0.310 e. The van der Waals surface area contributed by atoms with Crippen molar-refractivity contribution >= 4 is 34.1 Å². The van der Waals surface area contributed by atoms with Crippen LogP contribution in [0.1, 0.15) is 92.5 Å². The van der Waals surface area contributed by atoms with Gasteiger partial charge in [0.1, 0.15) is 0 Å². The van der Waals surface area contributed by atoms with Crippen LogP contribution in [0, 0.1) is 0 Å². The zero-order chi connectivity index (χ0) is 41.5. The Hall–Kier alpha value is -6.64. The highest BCUT2D eigenvalue weighted by molar-refractivity contribution is 5.93. The van der Waals surface area contributed by atoms with Crippen LogP contribution in [-0.4, -0.2) is 0 Å². The van der Waals surface area contributed by atoms with Crippen molar-refractivity contribution in [3.63, 3.8) is 0 Å². The molecule has 0 saturated heterocycles. The van der Waals surface area contributed by atoms with Crippen LogP contribution in [0.2, 0.25) is 0 Å². The van der Waals surface area contributed by atoms with Gasteiger partial charge in [0.25, 0.3) is 0 Å². The average molecular weight is 787 g/mol. The predicted molar refractivity (Wildman–Crippen MR) is 255 cm³/mol. The Kier molecular flexibility index (Phi) is 7.40. The van der Waals surface area contributed by atoms with Crippen molar-refractivity contribution in [1.29, 1.82) is 0 Å². The molecule has 296 valence electrons. The molecule has 0 amide bonds. The summed E-state index contributed by atoms with van der Waals surface area (Å²) in [6.07, 6.45) is 0.978. The molecular formula is C59H50N2. The number of hydrogen-bond acceptors (Lipinski definition) is 2. The van der Waals surface area contributed by atoms with Crippen molar-refractivity contribution in [2.75, 3.05) is 9.80 Å². The fourth-order valence-corrected chi connectivity index (χ4v) is 12.2. The van der Waals surface area contributed by atoms with Crippen LogP contribution in [-0.2, 0) is 21.7 Å². The van der Waals surface area contributed by atoms with Crippen molar-refractivity contribution in [2.45, 2.75) is 69.6 Å². The molecule has 1 unspecified atom stereocenters. The van der Waals surface area contributed by atoms with Gasteiger partial charge in [-0.2, -0.15) is 0 Å². The summed E-state index contributed by atoms with van der Waals surface area (Å²) in [5.74, 6) is 0. The molecule has 1 atom stereocenters. The Balaban J connectivity index is 1.13. The van der Waals surface area contributed by atoms with Gasteiger partial charge in [-0.3, -0.25) is 0 Å². The van der Waals surface area contributed by atoms with Crippen LogP contribution >= 0.6 is 0 Å². The van der Waals surface area contributed by atoms with Gasteiger partial charge in [-0.05, 0) is 139 Å². The maximum atomic E-state index is 2.56. The number of nitrogens with zero attached hydrogens (tertiary/aromatic N) is 2. The third-order valence-corrected chi connectivity index (χ3v) is 15.0. The first-order valence-corrected chi connectivity index (χ1v) is 22.0. The van der Waals surface area contributed by atoms with Crippen molar-refractivity contribution in [1.82, 2.24) is 0 Å². The summed E-state index contributed by atoms with van der Waals surface area (Å²) in [5.41, 5.74) is 22.9. The lowest BCUT2D eigenvalue weighted by molar-refractivity contribution is 0.443. The predicted octanol–water partition coefficient (Wildman–Crippen LogP) is 15.6. The van der Waals surface area contributed by atoms with E-state index >= 15 is 0 Å². The van der Waals surface area contributed by atoms with Crippen molar-refractivity contribution in [2.24, 2.45) is 0 Å². The lowest BCUT2D eigenvalue weighted by Crippen LogP contribution is -2.36. The Morgan fingerprint density at radius 3 is 1.38 bits per heavy atom. The second-order valence-corrected chi connectivity index (χ2v) is 19.5. The van der Waals surface area contributed by atoms with E-state index in [2.05, 4.69) is 233 Å². The molecule has 61 heavy (non-hydrogen) atoms. The molecule has 2 heteroatoms. The van der Waals surface area contributed by atoms with Crippen LogP contribution < -0.4 is 9.80 Å². The molecule has 4 aliphatic rings. The number of fused-ring (bicyclic) bond motifs is 12. The molecule has 3 aliphatic carbocycles. The minimum absolute atomic E-state index is 0.0350. The SMILES string of the molecule is CC1(C)CC2(c3ccccc3N(c3ccccc3)c3ccc(N(c4ccc5c(c4)C(C)(C)c4ccccc4-5)c4ccc5c(c4)C(C)(C)c4ccccc4-5)cc32)c2ccccc21. The van der Waals surface area contributed by atoms with Crippen LogP contribution in [0.4, 0.5) is 34.1 Å².